The number of rotatable bonds is 4. The Morgan fingerprint density at radius 3 is 1.27 bits per heavy atom. The maximum absolute atomic E-state index is 6.42. The van der Waals surface area contributed by atoms with Crippen LogP contribution in [0.1, 0.15) is 0 Å². The van der Waals surface area contributed by atoms with E-state index in [9.17, 15) is 0 Å². The second-order valence-corrected chi connectivity index (χ2v) is 29.2. The van der Waals surface area contributed by atoms with Gasteiger partial charge in [-0.25, -0.2) is 0 Å². The van der Waals surface area contributed by atoms with Crippen molar-refractivity contribution in [3.8, 4) is 0 Å². The molecule has 1 heterocycles. The molecular weight excluding hydrogens is 385 g/mol. The molecule has 0 spiro atoms. The highest BCUT2D eigenvalue weighted by molar-refractivity contribution is 6.91. The Morgan fingerprint density at radius 1 is 0.682 bits per heavy atom. The van der Waals surface area contributed by atoms with Crippen LogP contribution in [-0.2, 0) is 24.7 Å². The zero-order valence-corrected chi connectivity index (χ0v) is 22.1. The van der Waals surface area contributed by atoms with Gasteiger partial charge in [-0.1, -0.05) is 0 Å². The van der Waals surface area contributed by atoms with Crippen molar-refractivity contribution in [2.75, 3.05) is 0 Å². The molecule has 0 amide bonds. The second kappa shape index (κ2) is 6.76. The van der Waals surface area contributed by atoms with Crippen LogP contribution in [0.5, 0.6) is 0 Å². The largest absolute Gasteiger partial charge is 0.640 e. The Bertz CT molecular complexity index is 354. The third-order valence-corrected chi connectivity index (χ3v) is 21.8. The third kappa shape index (κ3) is 7.75. The summed E-state index contributed by atoms with van der Waals surface area (Å²) in [6.07, 6.45) is 0. The van der Waals surface area contributed by atoms with Gasteiger partial charge in [0, 0.05) is 0 Å². The average molecular weight is 417 g/mol. The molecule has 0 aromatic carbocycles. The van der Waals surface area contributed by atoms with Crippen LogP contribution in [0.25, 0.3) is 0 Å². The first kappa shape index (κ1) is 21.1. The summed E-state index contributed by atoms with van der Waals surface area (Å²) in [6.45, 7) is 20.8. The molecule has 0 aromatic rings. The highest BCUT2D eigenvalue weighted by Gasteiger charge is 2.59. The molecule has 1 saturated heterocycles. The van der Waals surface area contributed by atoms with E-state index in [2.05, 4.69) is 39.3 Å². The van der Waals surface area contributed by atoms with E-state index >= 15 is 0 Å². The van der Waals surface area contributed by atoms with Gasteiger partial charge in [0.05, 0.1) is 0 Å². The monoisotopic (exact) mass is 416 g/mol. The smallest absolute Gasteiger partial charge is 0.420 e. The van der Waals surface area contributed by atoms with Crippen LogP contribution < -0.4 is 0 Å². The van der Waals surface area contributed by atoms with Crippen LogP contribution in [0.15, 0.2) is 0 Å². The van der Waals surface area contributed by atoms with E-state index in [4.69, 9.17) is 24.7 Å². The summed E-state index contributed by atoms with van der Waals surface area (Å²) >= 11 is 0. The maximum Gasteiger partial charge on any atom is 0.640 e. The minimum Gasteiger partial charge on any atom is -0.420 e. The van der Waals surface area contributed by atoms with Crippen molar-refractivity contribution in [1.82, 2.24) is 0 Å². The van der Waals surface area contributed by atoms with E-state index < -0.39 is 52.8 Å². The van der Waals surface area contributed by atoms with Gasteiger partial charge in [-0.2, -0.15) is 0 Å². The Hall–Kier alpha value is 1.06. The molecule has 0 bridgehead atoms. The molecular formula is C10H32O6Si6. The van der Waals surface area contributed by atoms with Gasteiger partial charge >= 0.3 is 26.2 Å². The topological polar surface area (TPSA) is 55.4 Å². The summed E-state index contributed by atoms with van der Waals surface area (Å²) in [7, 11) is -13.0. The molecule has 0 atom stereocenters. The summed E-state index contributed by atoms with van der Waals surface area (Å²) in [6, 6.07) is 0. The van der Waals surface area contributed by atoms with Crippen LogP contribution in [0.3, 0.4) is 0 Å². The second-order valence-electron chi connectivity index (χ2n) is 8.34. The molecule has 0 saturated carbocycles. The van der Waals surface area contributed by atoms with Crippen molar-refractivity contribution in [2.24, 2.45) is 0 Å². The lowest BCUT2D eigenvalue weighted by Crippen LogP contribution is -2.68. The van der Waals surface area contributed by atoms with Gasteiger partial charge in [-0.05, 0) is 65.5 Å². The number of hydrogen-bond acceptors (Lipinski definition) is 6. The molecule has 0 aromatic heterocycles. The number of hydrogen-bond donors (Lipinski definition) is 0. The van der Waals surface area contributed by atoms with Crippen LogP contribution in [-0.4, -0.2) is 52.8 Å². The van der Waals surface area contributed by atoms with Gasteiger partial charge in [0.15, 0.2) is 16.6 Å². The molecule has 0 radical (unpaired) electrons. The molecule has 6 nitrogen and oxygen atoms in total. The molecule has 0 N–H and O–H groups in total. The predicted octanol–water partition coefficient (Wildman–Crippen LogP) is 2.61. The summed E-state index contributed by atoms with van der Waals surface area (Å²) < 4.78 is 37.6. The van der Waals surface area contributed by atoms with Crippen molar-refractivity contribution in [2.45, 2.75) is 65.5 Å². The van der Waals surface area contributed by atoms with Crippen LogP contribution in [0.2, 0.25) is 65.5 Å². The summed E-state index contributed by atoms with van der Waals surface area (Å²) in [4.78, 5) is 0. The van der Waals surface area contributed by atoms with Gasteiger partial charge in [0.25, 0.3) is 10.0 Å². The first-order valence-corrected chi connectivity index (χ1v) is 22.9. The highest BCUT2D eigenvalue weighted by atomic mass is 28.6. The summed E-state index contributed by atoms with van der Waals surface area (Å²) in [5.74, 6) is 0. The standard InChI is InChI=1S/C10H32O6Si6/c1-18(2,3)13-22(14-19(4,5)6)15-20(7,8)11-17-12-21(9,10)16-22/h17H2,1-10H3. The van der Waals surface area contributed by atoms with E-state index in [1.165, 1.54) is 0 Å². The molecule has 22 heavy (non-hydrogen) atoms. The fourth-order valence-electron chi connectivity index (χ4n) is 1.85. The lowest BCUT2D eigenvalue weighted by Gasteiger charge is -2.45. The minimum absolute atomic E-state index is 1.08. The predicted molar refractivity (Wildman–Crippen MR) is 102 cm³/mol. The zero-order valence-electron chi connectivity index (χ0n) is 15.7. The average Bonchev–Trinajstić information content (AvgIpc) is 2.04. The first-order chi connectivity index (χ1) is 9.54. The fourth-order valence-corrected chi connectivity index (χ4v) is 20.5. The van der Waals surface area contributed by atoms with E-state index in [0.29, 0.717) is 0 Å². The molecule has 1 aliphatic rings. The van der Waals surface area contributed by atoms with E-state index in [1.54, 1.807) is 0 Å². The van der Waals surface area contributed by atoms with E-state index in [0.717, 1.165) is 0 Å². The van der Waals surface area contributed by atoms with Gasteiger partial charge in [-0.3, -0.25) is 0 Å². The molecule has 1 aliphatic heterocycles. The molecule has 0 unspecified atom stereocenters. The molecule has 1 rings (SSSR count). The molecule has 0 aliphatic carbocycles. The molecule has 1 fully saturated rings. The van der Waals surface area contributed by atoms with Gasteiger partial charge < -0.3 is 24.7 Å². The Balaban J connectivity index is 3.24. The van der Waals surface area contributed by atoms with Crippen LogP contribution in [0.4, 0.5) is 0 Å². The third-order valence-electron chi connectivity index (χ3n) is 2.42. The van der Waals surface area contributed by atoms with Crippen molar-refractivity contribution >= 4 is 52.8 Å². The van der Waals surface area contributed by atoms with Crippen LogP contribution in [0, 0.1) is 0 Å². The lowest BCUT2D eigenvalue weighted by molar-refractivity contribution is 0.113. The van der Waals surface area contributed by atoms with Gasteiger partial charge in [0.1, 0.15) is 0 Å². The van der Waals surface area contributed by atoms with Crippen molar-refractivity contribution in [3.05, 3.63) is 0 Å². The van der Waals surface area contributed by atoms with E-state index in [1.807, 2.05) is 26.2 Å². The van der Waals surface area contributed by atoms with Crippen molar-refractivity contribution < 1.29 is 24.7 Å². The van der Waals surface area contributed by atoms with Gasteiger partial charge in [-0.15, -0.1) is 0 Å². The Morgan fingerprint density at radius 2 is 1.00 bits per heavy atom. The summed E-state index contributed by atoms with van der Waals surface area (Å²) in [5.41, 5.74) is 0. The Labute approximate surface area is 143 Å². The maximum atomic E-state index is 6.42. The normalized spacial score (nSPS) is 25.4. The summed E-state index contributed by atoms with van der Waals surface area (Å²) in [5, 5.41) is 0. The van der Waals surface area contributed by atoms with Crippen LogP contribution >= 0.6 is 0 Å². The van der Waals surface area contributed by atoms with Crippen molar-refractivity contribution in [1.29, 1.82) is 0 Å². The zero-order chi connectivity index (χ0) is 17.4. The quantitative estimate of drug-likeness (QED) is 0.657. The highest BCUT2D eigenvalue weighted by Crippen LogP contribution is 2.31. The fraction of sp³-hybridized carbons (Fsp3) is 1.00. The van der Waals surface area contributed by atoms with Gasteiger partial charge in [0.2, 0.25) is 0 Å². The van der Waals surface area contributed by atoms with Crippen molar-refractivity contribution in [3.63, 3.8) is 0 Å². The molecule has 12 heteroatoms. The SMILES string of the molecule is C[Si](C)(C)O[Si]1(O[Si](C)(C)C)O[Si](C)(C)O[SiH2]O[Si](C)(C)O1. The Kier molecular flexibility index (Phi) is 6.48. The minimum atomic E-state index is -3.29. The molecule has 132 valence electrons. The lowest BCUT2D eigenvalue weighted by atomic mass is 11.8. The van der Waals surface area contributed by atoms with E-state index in [-0.39, 0.29) is 0 Å². The first-order valence-electron chi connectivity index (χ1n) is 7.62.